The van der Waals surface area contributed by atoms with Crippen LogP contribution in [0.2, 0.25) is 10.0 Å². The van der Waals surface area contributed by atoms with Crippen molar-refractivity contribution in [2.75, 3.05) is 0 Å². The van der Waals surface area contributed by atoms with Gasteiger partial charge >= 0.3 is 0 Å². The normalized spacial score (nSPS) is 15.7. The minimum absolute atomic E-state index is 0.108. The van der Waals surface area contributed by atoms with Crippen LogP contribution in [0.15, 0.2) is 40.4 Å². The summed E-state index contributed by atoms with van der Waals surface area (Å²) in [6.45, 7) is 2.74. The zero-order valence-corrected chi connectivity index (χ0v) is 16.4. The molecule has 2 aliphatic heterocycles. The quantitative estimate of drug-likeness (QED) is 0.756. The van der Waals surface area contributed by atoms with Gasteiger partial charge in [-0.2, -0.15) is 5.10 Å². The van der Waals surface area contributed by atoms with Crippen molar-refractivity contribution in [2.45, 2.75) is 26.3 Å². The van der Waals surface area contributed by atoms with Gasteiger partial charge in [0, 0.05) is 16.8 Å². The van der Waals surface area contributed by atoms with E-state index in [1.165, 1.54) is 0 Å². The number of hydrogen-bond donors (Lipinski definition) is 1. The zero-order chi connectivity index (χ0) is 19.8. The fourth-order valence-electron chi connectivity index (χ4n) is 3.18. The summed E-state index contributed by atoms with van der Waals surface area (Å²) in [5.41, 5.74) is 6.09. The van der Waals surface area contributed by atoms with Gasteiger partial charge in [0.2, 0.25) is 5.91 Å². The van der Waals surface area contributed by atoms with E-state index in [9.17, 15) is 9.59 Å². The predicted molar refractivity (Wildman–Crippen MR) is 108 cm³/mol. The SMILES string of the molecule is CCC1=NCc2ccc(Oc3c(Cl)cc(C4=NNC(=O)CC4=O)cc3Cl)cc21. The maximum atomic E-state index is 12.1. The molecule has 2 aromatic rings. The van der Waals surface area contributed by atoms with Gasteiger partial charge in [0.05, 0.1) is 23.0 Å². The lowest BCUT2D eigenvalue weighted by Gasteiger charge is -2.15. The minimum atomic E-state index is -0.447. The summed E-state index contributed by atoms with van der Waals surface area (Å²) in [5.74, 6) is 0.0386. The number of ether oxygens (including phenoxy) is 1. The van der Waals surface area contributed by atoms with Gasteiger partial charge in [-0.05, 0) is 36.2 Å². The molecule has 2 aliphatic rings. The number of halogens is 2. The van der Waals surface area contributed by atoms with E-state index in [4.69, 9.17) is 27.9 Å². The average molecular weight is 416 g/mol. The summed E-state index contributed by atoms with van der Waals surface area (Å²) in [6.07, 6.45) is 0.585. The predicted octanol–water partition coefficient (Wildman–Crippen LogP) is 4.29. The summed E-state index contributed by atoms with van der Waals surface area (Å²) in [6, 6.07) is 8.84. The number of nitrogens with zero attached hydrogens (tertiary/aromatic N) is 2. The molecular formula is C20H15Cl2N3O3. The highest BCUT2D eigenvalue weighted by Gasteiger charge is 2.24. The average Bonchev–Trinajstić information content (AvgIpc) is 3.07. The Kier molecular flexibility index (Phi) is 4.91. The second-order valence-corrected chi connectivity index (χ2v) is 7.22. The number of fused-ring (bicyclic) bond motifs is 1. The number of carbonyl (C=O) groups excluding carboxylic acids is 2. The van der Waals surface area contributed by atoms with Crippen LogP contribution in [0.3, 0.4) is 0 Å². The molecule has 0 bridgehead atoms. The van der Waals surface area contributed by atoms with E-state index >= 15 is 0 Å². The number of Topliss-reactive ketones (excluding diaryl/α,β-unsaturated/α-hetero) is 1. The van der Waals surface area contributed by atoms with Crippen LogP contribution in [0.25, 0.3) is 0 Å². The molecule has 6 nitrogen and oxygen atoms in total. The number of nitrogens with one attached hydrogen (secondary N) is 1. The molecule has 0 fully saturated rings. The highest BCUT2D eigenvalue weighted by atomic mass is 35.5. The Labute approximate surface area is 171 Å². The van der Waals surface area contributed by atoms with E-state index in [-0.39, 0.29) is 27.9 Å². The molecule has 0 radical (unpaired) electrons. The molecule has 0 aromatic heterocycles. The third kappa shape index (κ3) is 3.41. The lowest BCUT2D eigenvalue weighted by Crippen LogP contribution is -2.33. The van der Waals surface area contributed by atoms with Gasteiger partial charge < -0.3 is 4.74 Å². The lowest BCUT2D eigenvalue weighted by atomic mass is 10.0. The maximum Gasteiger partial charge on any atom is 0.247 e. The molecule has 28 heavy (non-hydrogen) atoms. The molecule has 0 saturated heterocycles. The Balaban J connectivity index is 1.64. The Bertz CT molecular complexity index is 1050. The van der Waals surface area contributed by atoms with E-state index < -0.39 is 11.7 Å². The van der Waals surface area contributed by atoms with Gasteiger partial charge in [0.15, 0.2) is 11.5 Å². The van der Waals surface area contributed by atoms with Gasteiger partial charge in [-0.1, -0.05) is 36.2 Å². The Morgan fingerprint density at radius 3 is 2.57 bits per heavy atom. The van der Waals surface area contributed by atoms with Crippen LogP contribution in [0.5, 0.6) is 11.5 Å². The minimum Gasteiger partial charge on any atom is -0.454 e. The largest absolute Gasteiger partial charge is 0.454 e. The van der Waals surface area contributed by atoms with Crippen LogP contribution in [-0.2, 0) is 16.1 Å². The molecule has 8 heteroatoms. The fourth-order valence-corrected chi connectivity index (χ4v) is 3.74. The first-order valence-electron chi connectivity index (χ1n) is 8.70. The number of hydrogen-bond acceptors (Lipinski definition) is 5. The molecule has 2 aromatic carbocycles. The van der Waals surface area contributed by atoms with E-state index in [0.29, 0.717) is 17.9 Å². The third-order valence-electron chi connectivity index (χ3n) is 4.54. The molecule has 0 spiro atoms. The van der Waals surface area contributed by atoms with Crippen LogP contribution in [0.4, 0.5) is 0 Å². The molecule has 4 rings (SSSR count). The van der Waals surface area contributed by atoms with Crippen molar-refractivity contribution >= 4 is 46.3 Å². The van der Waals surface area contributed by atoms with E-state index in [1.54, 1.807) is 12.1 Å². The van der Waals surface area contributed by atoms with E-state index in [2.05, 4.69) is 22.4 Å². The van der Waals surface area contributed by atoms with Crippen LogP contribution < -0.4 is 10.2 Å². The maximum absolute atomic E-state index is 12.1. The molecule has 1 amide bonds. The number of rotatable bonds is 4. The number of hydrazone groups is 1. The monoisotopic (exact) mass is 415 g/mol. The zero-order valence-electron chi connectivity index (χ0n) is 14.9. The second kappa shape index (κ2) is 7.37. The van der Waals surface area contributed by atoms with E-state index in [0.717, 1.165) is 23.3 Å². The Morgan fingerprint density at radius 2 is 1.89 bits per heavy atom. The summed E-state index contributed by atoms with van der Waals surface area (Å²) in [7, 11) is 0. The van der Waals surface area contributed by atoms with Crippen molar-refractivity contribution in [1.29, 1.82) is 0 Å². The van der Waals surface area contributed by atoms with Crippen molar-refractivity contribution in [3.63, 3.8) is 0 Å². The summed E-state index contributed by atoms with van der Waals surface area (Å²) in [5, 5.41) is 4.28. The van der Waals surface area contributed by atoms with Gasteiger partial charge in [-0.15, -0.1) is 0 Å². The molecule has 1 N–H and O–H groups in total. The van der Waals surface area contributed by atoms with Gasteiger partial charge in [0.25, 0.3) is 0 Å². The van der Waals surface area contributed by atoms with Crippen LogP contribution >= 0.6 is 23.2 Å². The smallest absolute Gasteiger partial charge is 0.247 e. The number of ketones is 1. The first kappa shape index (κ1) is 18.7. The van der Waals surface area contributed by atoms with Crippen molar-refractivity contribution in [2.24, 2.45) is 10.1 Å². The number of aliphatic imine (C=N–C) groups is 1. The molecule has 0 atom stereocenters. The first-order chi connectivity index (χ1) is 13.5. The third-order valence-corrected chi connectivity index (χ3v) is 5.10. The Morgan fingerprint density at radius 1 is 1.14 bits per heavy atom. The number of carbonyl (C=O) groups is 2. The van der Waals surface area contributed by atoms with Crippen molar-refractivity contribution < 1.29 is 14.3 Å². The van der Waals surface area contributed by atoms with Gasteiger partial charge in [0.1, 0.15) is 11.5 Å². The number of amides is 1. The van der Waals surface area contributed by atoms with Crippen LogP contribution in [0.1, 0.15) is 36.5 Å². The van der Waals surface area contributed by atoms with Crippen molar-refractivity contribution in [3.8, 4) is 11.5 Å². The Hall–Kier alpha value is -2.70. The first-order valence-corrected chi connectivity index (χ1v) is 9.45. The summed E-state index contributed by atoms with van der Waals surface area (Å²) in [4.78, 5) is 27.8. The highest BCUT2D eigenvalue weighted by Crippen LogP contribution is 2.38. The molecule has 2 heterocycles. The number of benzene rings is 2. The molecule has 142 valence electrons. The van der Waals surface area contributed by atoms with Gasteiger partial charge in [-0.25, -0.2) is 5.43 Å². The standard InChI is InChI=1S/C20H15Cl2N3O3/c1-2-16-13-7-12(4-3-10(13)9-23-16)28-20-14(21)5-11(6-15(20)22)19-17(26)8-18(27)24-25-19/h3-7H,2,8-9H2,1H3,(H,24,27). The molecule has 0 aliphatic carbocycles. The molecular weight excluding hydrogens is 401 g/mol. The second-order valence-electron chi connectivity index (χ2n) is 6.40. The summed E-state index contributed by atoms with van der Waals surface area (Å²) < 4.78 is 5.93. The van der Waals surface area contributed by atoms with Crippen LogP contribution in [-0.4, -0.2) is 23.1 Å². The fraction of sp³-hybridized carbons (Fsp3) is 0.200. The summed E-state index contributed by atoms with van der Waals surface area (Å²) >= 11 is 12.7. The lowest BCUT2D eigenvalue weighted by molar-refractivity contribution is -0.126. The van der Waals surface area contributed by atoms with E-state index in [1.807, 2.05) is 18.2 Å². The van der Waals surface area contributed by atoms with Crippen molar-refractivity contribution in [3.05, 3.63) is 57.1 Å². The van der Waals surface area contributed by atoms with Crippen LogP contribution in [0, 0.1) is 0 Å². The highest BCUT2D eigenvalue weighted by molar-refractivity contribution is 6.50. The van der Waals surface area contributed by atoms with Gasteiger partial charge in [-0.3, -0.25) is 14.6 Å². The molecule has 0 unspecified atom stereocenters. The topological polar surface area (TPSA) is 80.1 Å². The molecule has 0 saturated carbocycles. The van der Waals surface area contributed by atoms with Crippen molar-refractivity contribution in [1.82, 2.24) is 5.43 Å².